The second-order valence-corrected chi connectivity index (χ2v) is 3.87. The smallest absolute Gasteiger partial charge is 0.392 e. The van der Waals surface area contributed by atoms with Crippen LogP contribution in [0.1, 0.15) is 24.9 Å². The fourth-order valence-corrected chi connectivity index (χ4v) is 1.55. The molecule has 1 atom stereocenters. The summed E-state index contributed by atoms with van der Waals surface area (Å²) >= 11 is 0. The molecule has 18 heavy (non-hydrogen) atoms. The van der Waals surface area contributed by atoms with Crippen LogP contribution >= 0.6 is 0 Å². The first-order valence-corrected chi connectivity index (χ1v) is 5.47. The second kappa shape index (κ2) is 5.95. The van der Waals surface area contributed by atoms with Gasteiger partial charge in [0.2, 0.25) is 0 Å². The average molecular weight is 263 g/mol. The first-order valence-electron chi connectivity index (χ1n) is 5.47. The molecular weight excluding hydrogens is 247 g/mol. The van der Waals surface area contributed by atoms with Crippen molar-refractivity contribution in [1.82, 2.24) is 0 Å². The van der Waals surface area contributed by atoms with Crippen LogP contribution < -0.4 is 15.2 Å². The van der Waals surface area contributed by atoms with Gasteiger partial charge in [-0.1, -0.05) is 6.07 Å². The van der Waals surface area contributed by atoms with E-state index in [4.69, 9.17) is 15.2 Å². The van der Waals surface area contributed by atoms with Crippen molar-refractivity contribution >= 4 is 0 Å². The van der Waals surface area contributed by atoms with Gasteiger partial charge in [-0.05, 0) is 19.1 Å². The highest BCUT2D eigenvalue weighted by atomic mass is 19.4. The van der Waals surface area contributed by atoms with Crippen LogP contribution in [0.25, 0.3) is 0 Å². The van der Waals surface area contributed by atoms with Gasteiger partial charge in [-0.25, -0.2) is 0 Å². The third kappa shape index (κ3) is 4.10. The van der Waals surface area contributed by atoms with E-state index < -0.39 is 19.2 Å². The van der Waals surface area contributed by atoms with Gasteiger partial charge in [-0.15, -0.1) is 0 Å². The normalized spacial score (nSPS) is 13.2. The summed E-state index contributed by atoms with van der Waals surface area (Å²) < 4.78 is 46.3. The SMILES string of the molecule is COc1cccc(OCCC(F)(F)F)c1C(C)N. The van der Waals surface area contributed by atoms with Gasteiger partial charge in [0.05, 0.1) is 25.7 Å². The van der Waals surface area contributed by atoms with E-state index >= 15 is 0 Å². The summed E-state index contributed by atoms with van der Waals surface area (Å²) in [4.78, 5) is 0. The van der Waals surface area contributed by atoms with E-state index in [2.05, 4.69) is 0 Å². The maximum Gasteiger partial charge on any atom is 0.392 e. The molecule has 102 valence electrons. The number of benzene rings is 1. The molecule has 0 bridgehead atoms. The van der Waals surface area contributed by atoms with E-state index in [-0.39, 0.29) is 6.04 Å². The van der Waals surface area contributed by atoms with Crippen molar-refractivity contribution < 1.29 is 22.6 Å². The fourth-order valence-electron chi connectivity index (χ4n) is 1.55. The van der Waals surface area contributed by atoms with Crippen molar-refractivity contribution in [3.05, 3.63) is 23.8 Å². The maximum absolute atomic E-state index is 12.0. The zero-order valence-corrected chi connectivity index (χ0v) is 10.3. The molecule has 0 aliphatic carbocycles. The molecular formula is C12H16F3NO2. The molecule has 0 saturated carbocycles. The number of ether oxygens (including phenoxy) is 2. The van der Waals surface area contributed by atoms with Crippen molar-refractivity contribution in [3.63, 3.8) is 0 Å². The number of nitrogens with two attached hydrogens (primary N) is 1. The Balaban J connectivity index is 2.82. The molecule has 0 fully saturated rings. The van der Waals surface area contributed by atoms with Gasteiger partial charge in [-0.2, -0.15) is 13.2 Å². The highest BCUT2D eigenvalue weighted by Gasteiger charge is 2.27. The molecule has 0 radical (unpaired) electrons. The Morgan fingerprint density at radius 3 is 2.39 bits per heavy atom. The van der Waals surface area contributed by atoms with Gasteiger partial charge in [-0.3, -0.25) is 0 Å². The van der Waals surface area contributed by atoms with E-state index in [0.717, 1.165) is 0 Å². The van der Waals surface area contributed by atoms with Crippen LogP contribution in [0.4, 0.5) is 13.2 Å². The number of alkyl halides is 3. The lowest BCUT2D eigenvalue weighted by Crippen LogP contribution is -2.15. The highest BCUT2D eigenvalue weighted by molar-refractivity contribution is 5.46. The minimum atomic E-state index is -4.23. The minimum Gasteiger partial charge on any atom is -0.496 e. The Labute approximate surface area is 104 Å². The van der Waals surface area contributed by atoms with Crippen LogP contribution in [0.2, 0.25) is 0 Å². The van der Waals surface area contributed by atoms with Crippen molar-refractivity contribution in [2.75, 3.05) is 13.7 Å². The Morgan fingerprint density at radius 1 is 1.28 bits per heavy atom. The van der Waals surface area contributed by atoms with Crippen molar-refractivity contribution in [1.29, 1.82) is 0 Å². The molecule has 0 saturated heterocycles. The van der Waals surface area contributed by atoms with Crippen LogP contribution in [0.3, 0.4) is 0 Å². The van der Waals surface area contributed by atoms with Gasteiger partial charge < -0.3 is 15.2 Å². The van der Waals surface area contributed by atoms with E-state index in [9.17, 15) is 13.2 Å². The molecule has 0 spiro atoms. The topological polar surface area (TPSA) is 44.5 Å². The number of hydrogen-bond acceptors (Lipinski definition) is 3. The molecule has 1 unspecified atom stereocenters. The summed E-state index contributed by atoms with van der Waals surface area (Å²) in [6, 6.07) is 4.53. The molecule has 6 heteroatoms. The summed E-state index contributed by atoms with van der Waals surface area (Å²) in [6.07, 6.45) is -5.23. The van der Waals surface area contributed by atoms with Crippen LogP contribution in [0.5, 0.6) is 11.5 Å². The van der Waals surface area contributed by atoms with E-state index in [1.807, 2.05) is 0 Å². The fraction of sp³-hybridized carbons (Fsp3) is 0.500. The molecule has 0 heterocycles. The first kappa shape index (κ1) is 14.6. The van der Waals surface area contributed by atoms with Crippen LogP contribution in [-0.4, -0.2) is 19.9 Å². The molecule has 1 rings (SSSR count). The monoisotopic (exact) mass is 263 g/mol. The summed E-state index contributed by atoms with van der Waals surface area (Å²) in [5, 5.41) is 0. The van der Waals surface area contributed by atoms with Gasteiger partial charge in [0.1, 0.15) is 11.5 Å². The van der Waals surface area contributed by atoms with Crippen LogP contribution in [0, 0.1) is 0 Å². The summed E-state index contributed by atoms with van der Waals surface area (Å²) in [5.74, 6) is 0.836. The van der Waals surface area contributed by atoms with Gasteiger partial charge in [0.15, 0.2) is 0 Å². The average Bonchev–Trinajstić information content (AvgIpc) is 2.26. The van der Waals surface area contributed by atoms with E-state index in [1.54, 1.807) is 25.1 Å². The molecule has 0 aliphatic heterocycles. The zero-order chi connectivity index (χ0) is 13.8. The quantitative estimate of drug-likeness (QED) is 0.888. The Bertz CT molecular complexity index is 391. The van der Waals surface area contributed by atoms with Gasteiger partial charge in [0.25, 0.3) is 0 Å². The summed E-state index contributed by atoms with van der Waals surface area (Å²) in [6.45, 7) is 1.28. The van der Waals surface area contributed by atoms with Gasteiger partial charge >= 0.3 is 6.18 Å². The lowest BCUT2D eigenvalue weighted by molar-refractivity contribution is -0.139. The Morgan fingerprint density at radius 2 is 1.89 bits per heavy atom. The van der Waals surface area contributed by atoms with Gasteiger partial charge in [0, 0.05) is 6.04 Å². The highest BCUT2D eigenvalue weighted by Crippen LogP contribution is 2.33. The van der Waals surface area contributed by atoms with E-state index in [1.165, 1.54) is 7.11 Å². The standard InChI is InChI=1S/C12H16F3NO2/c1-8(16)11-9(17-2)4-3-5-10(11)18-7-6-12(13,14)15/h3-5,8H,6-7,16H2,1-2H3. The molecule has 1 aromatic rings. The molecule has 0 aromatic heterocycles. The van der Waals surface area contributed by atoms with Crippen molar-refractivity contribution in [2.45, 2.75) is 25.6 Å². The molecule has 3 nitrogen and oxygen atoms in total. The largest absolute Gasteiger partial charge is 0.496 e. The Kier molecular flexibility index (Phi) is 4.84. The van der Waals surface area contributed by atoms with E-state index in [0.29, 0.717) is 17.1 Å². The van der Waals surface area contributed by atoms with Crippen molar-refractivity contribution in [2.24, 2.45) is 5.73 Å². The minimum absolute atomic E-state index is 0.327. The molecule has 0 aliphatic rings. The van der Waals surface area contributed by atoms with Crippen molar-refractivity contribution in [3.8, 4) is 11.5 Å². The molecule has 1 aromatic carbocycles. The first-order chi connectivity index (χ1) is 8.35. The summed E-state index contributed by atoms with van der Waals surface area (Å²) in [7, 11) is 1.47. The predicted molar refractivity (Wildman–Crippen MR) is 61.8 cm³/mol. The number of rotatable bonds is 5. The predicted octanol–water partition coefficient (Wildman–Crippen LogP) is 3.05. The Hall–Kier alpha value is -1.43. The lowest BCUT2D eigenvalue weighted by atomic mass is 10.1. The number of hydrogen-bond donors (Lipinski definition) is 1. The third-order valence-electron chi connectivity index (χ3n) is 2.34. The maximum atomic E-state index is 12.0. The molecule has 0 amide bonds. The van der Waals surface area contributed by atoms with Crippen LogP contribution in [-0.2, 0) is 0 Å². The van der Waals surface area contributed by atoms with Crippen LogP contribution in [0.15, 0.2) is 18.2 Å². The third-order valence-corrected chi connectivity index (χ3v) is 2.34. The number of methoxy groups -OCH3 is 1. The lowest BCUT2D eigenvalue weighted by Gasteiger charge is -2.17. The summed E-state index contributed by atoms with van der Waals surface area (Å²) in [5.41, 5.74) is 6.34. The number of halogens is 3. The zero-order valence-electron chi connectivity index (χ0n) is 10.3. The second-order valence-electron chi connectivity index (χ2n) is 3.87. The molecule has 2 N–H and O–H groups in total.